The molecule has 0 unspecified atom stereocenters. The first-order chi connectivity index (χ1) is 11.3. The summed E-state index contributed by atoms with van der Waals surface area (Å²) in [6, 6.07) is 9.73. The van der Waals surface area contributed by atoms with E-state index in [-0.39, 0.29) is 11.3 Å². The van der Waals surface area contributed by atoms with Crippen LogP contribution in [0.15, 0.2) is 41.9 Å². The summed E-state index contributed by atoms with van der Waals surface area (Å²) in [6.45, 7) is 8.13. The summed E-state index contributed by atoms with van der Waals surface area (Å²) < 4.78 is 1.71. The Kier molecular flexibility index (Phi) is 4.24. The van der Waals surface area contributed by atoms with Crippen molar-refractivity contribution >= 4 is 22.4 Å². The van der Waals surface area contributed by atoms with Gasteiger partial charge in [0.15, 0.2) is 5.13 Å². The molecule has 1 N–H and O–H groups in total. The summed E-state index contributed by atoms with van der Waals surface area (Å²) in [5.41, 5.74) is 3.09. The number of thiazole rings is 1. The van der Waals surface area contributed by atoms with Crippen LogP contribution in [0.2, 0.25) is 0 Å². The van der Waals surface area contributed by atoms with Crippen molar-refractivity contribution in [2.45, 2.75) is 33.1 Å². The molecule has 3 aromatic rings. The number of para-hydroxylation sites is 1. The summed E-state index contributed by atoms with van der Waals surface area (Å²) >= 11 is 1.44. The number of aromatic nitrogens is 3. The molecule has 124 valence electrons. The van der Waals surface area contributed by atoms with E-state index in [4.69, 9.17) is 0 Å². The van der Waals surface area contributed by atoms with Gasteiger partial charge in [0.25, 0.3) is 5.91 Å². The van der Waals surface area contributed by atoms with Crippen molar-refractivity contribution < 1.29 is 4.79 Å². The third-order valence-corrected chi connectivity index (χ3v) is 4.42. The number of carbonyl (C=O) groups excluding carboxylic acids is 1. The van der Waals surface area contributed by atoms with Crippen molar-refractivity contribution in [3.05, 3.63) is 58.9 Å². The minimum Gasteiger partial charge on any atom is -0.298 e. The van der Waals surface area contributed by atoms with Crippen molar-refractivity contribution in [2.24, 2.45) is 0 Å². The fourth-order valence-corrected chi connectivity index (χ4v) is 3.17. The van der Waals surface area contributed by atoms with Crippen LogP contribution in [0.3, 0.4) is 0 Å². The van der Waals surface area contributed by atoms with E-state index in [1.807, 2.05) is 42.6 Å². The number of aryl methyl sites for hydroxylation is 1. The van der Waals surface area contributed by atoms with Gasteiger partial charge in [0, 0.05) is 17.0 Å². The zero-order valence-electron chi connectivity index (χ0n) is 14.2. The number of nitrogens with one attached hydrogen (secondary N) is 1. The van der Waals surface area contributed by atoms with Gasteiger partial charge in [-0.25, -0.2) is 9.67 Å². The monoisotopic (exact) mass is 340 g/mol. The first kappa shape index (κ1) is 16.4. The predicted molar refractivity (Wildman–Crippen MR) is 97.1 cm³/mol. The van der Waals surface area contributed by atoms with Gasteiger partial charge in [0.1, 0.15) is 0 Å². The Balaban J connectivity index is 1.81. The molecule has 5 nitrogen and oxygen atoms in total. The molecule has 6 heteroatoms. The Morgan fingerprint density at radius 2 is 1.92 bits per heavy atom. The second-order valence-corrected chi connectivity index (χ2v) is 7.51. The molecule has 0 radical (unpaired) electrons. The Hall–Kier alpha value is -2.47. The van der Waals surface area contributed by atoms with Crippen LogP contribution in [0.5, 0.6) is 0 Å². The average molecular weight is 340 g/mol. The standard InChI is InChI=1S/C18H20N4OS/c1-12-14(10-22(21-12)13-8-6-5-7-9-13)16(23)20-17-19-15(11-24-17)18(2,3)4/h5-11H,1-4H3,(H,19,20,23). The lowest BCUT2D eigenvalue weighted by Crippen LogP contribution is -2.14. The third kappa shape index (κ3) is 3.38. The molecular weight excluding hydrogens is 320 g/mol. The zero-order chi connectivity index (χ0) is 17.3. The SMILES string of the molecule is Cc1nn(-c2ccccc2)cc1C(=O)Nc1nc(C(C)(C)C)cs1. The van der Waals surface area contributed by atoms with Crippen LogP contribution in [-0.4, -0.2) is 20.7 Å². The Morgan fingerprint density at radius 3 is 2.54 bits per heavy atom. The minimum atomic E-state index is -0.190. The molecule has 0 atom stereocenters. The van der Waals surface area contributed by atoms with Gasteiger partial charge in [-0.1, -0.05) is 39.0 Å². The normalized spacial score (nSPS) is 11.5. The number of nitrogens with zero attached hydrogens (tertiary/aromatic N) is 3. The third-order valence-electron chi connectivity index (χ3n) is 3.66. The highest BCUT2D eigenvalue weighted by Crippen LogP contribution is 2.26. The molecule has 0 saturated carbocycles. The number of amides is 1. The number of hydrogen-bond acceptors (Lipinski definition) is 4. The molecule has 0 bridgehead atoms. The fraction of sp³-hybridized carbons (Fsp3) is 0.278. The van der Waals surface area contributed by atoms with Gasteiger partial charge in [-0.2, -0.15) is 5.10 Å². The summed E-state index contributed by atoms with van der Waals surface area (Å²) in [6.07, 6.45) is 1.75. The van der Waals surface area contributed by atoms with Crippen molar-refractivity contribution in [2.75, 3.05) is 5.32 Å². The maximum Gasteiger partial charge on any atom is 0.260 e. The molecule has 0 spiro atoms. The van der Waals surface area contributed by atoms with Gasteiger partial charge in [-0.15, -0.1) is 11.3 Å². The maximum absolute atomic E-state index is 12.5. The van der Waals surface area contributed by atoms with Gasteiger partial charge in [0.2, 0.25) is 0 Å². The molecule has 3 rings (SSSR count). The van der Waals surface area contributed by atoms with Gasteiger partial charge >= 0.3 is 0 Å². The fourth-order valence-electron chi connectivity index (χ4n) is 2.24. The zero-order valence-corrected chi connectivity index (χ0v) is 15.0. The van der Waals surface area contributed by atoms with Crippen molar-refractivity contribution in [3.8, 4) is 5.69 Å². The number of anilines is 1. The molecule has 1 amide bonds. The first-order valence-electron chi connectivity index (χ1n) is 7.73. The summed E-state index contributed by atoms with van der Waals surface area (Å²) in [7, 11) is 0. The summed E-state index contributed by atoms with van der Waals surface area (Å²) in [5.74, 6) is -0.190. The van der Waals surface area contributed by atoms with Crippen LogP contribution >= 0.6 is 11.3 Å². The Labute approximate surface area is 145 Å². The number of hydrogen-bond donors (Lipinski definition) is 1. The van der Waals surface area contributed by atoms with Gasteiger partial charge in [-0.3, -0.25) is 10.1 Å². The van der Waals surface area contributed by atoms with Crippen LogP contribution in [-0.2, 0) is 5.41 Å². The molecule has 0 saturated heterocycles. The van der Waals surface area contributed by atoms with Gasteiger partial charge in [-0.05, 0) is 19.1 Å². The average Bonchev–Trinajstić information content (AvgIpc) is 3.14. The lowest BCUT2D eigenvalue weighted by Gasteiger charge is -2.14. The number of benzene rings is 1. The molecule has 0 aliphatic carbocycles. The summed E-state index contributed by atoms with van der Waals surface area (Å²) in [4.78, 5) is 17.0. The molecule has 24 heavy (non-hydrogen) atoms. The van der Waals surface area contributed by atoms with Crippen LogP contribution in [0.25, 0.3) is 5.69 Å². The predicted octanol–water partition coefficient (Wildman–Crippen LogP) is 4.19. The lowest BCUT2D eigenvalue weighted by molar-refractivity contribution is 0.102. The first-order valence-corrected chi connectivity index (χ1v) is 8.61. The van der Waals surface area contributed by atoms with Crippen molar-refractivity contribution in [1.82, 2.24) is 14.8 Å². The van der Waals surface area contributed by atoms with Crippen LogP contribution in [0.4, 0.5) is 5.13 Å². The smallest absolute Gasteiger partial charge is 0.260 e. The maximum atomic E-state index is 12.5. The van der Waals surface area contributed by atoms with E-state index >= 15 is 0 Å². The van der Waals surface area contributed by atoms with Crippen molar-refractivity contribution in [3.63, 3.8) is 0 Å². The van der Waals surface area contributed by atoms with E-state index in [1.165, 1.54) is 11.3 Å². The molecule has 0 aliphatic heterocycles. The number of carbonyl (C=O) groups is 1. The van der Waals surface area contributed by atoms with E-state index < -0.39 is 0 Å². The second-order valence-electron chi connectivity index (χ2n) is 6.65. The Bertz CT molecular complexity index is 859. The summed E-state index contributed by atoms with van der Waals surface area (Å²) in [5, 5.41) is 9.89. The van der Waals surface area contributed by atoms with Crippen LogP contribution < -0.4 is 5.32 Å². The van der Waals surface area contributed by atoms with E-state index in [9.17, 15) is 4.79 Å². The number of rotatable bonds is 3. The van der Waals surface area contributed by atoms with E-state index in [0.717, 1.165) is 11.4 Å². The quantitative estimate of drug-likeness (QED) is 0.778. The minimum absolute atomic E-state index is 0.0341. The van der Waals surface area contributed by atoms with E-state index in [1.54, 1.807) is 10.9 Å². The molecule has 1 aromatic carbocycles. The molecule has 2 aromatic heterocycles. The largest absolute Gasteiger partial charge is 0.298 e. The molecular formula is C18H20N4OS. The van der Waals surface area contributed by atoms with Crippen LogP contribution in [0, 0.1) is 6.92 Å². The van der Waals surface area contributed by atoms with Crippen molar-refractivity contribution in [1.29, 1.82) is 0 Å². The van der Waals surface area contributed by atoms with E-state index in [0.29, 0.717) is 16.4 Å². The van der Waals surface area contributed by atoms with Crippen LogP contribution in [0.1, 0.15) is 42.5 Å². The van der Waals surface area contributed by atoms with Gasteiger partial charge in [0.05, 0.1) is 22.6 Å². The van der Waals surface area contributed by atoms with E-state index in [2.05, 4.69) is 36.2 Å². The lowest BCUT2D eigenvalue weighted by atomic mass is 9.93. The Morgan fingerprint density at radius 1 is 1.21 bits per heavy atom. The molecule has 0 fully saturated rings. The topological polar surface area (TPSA) is 59.8 Å². The molecule has 0 aliphatic rings. The van der Waals surface area contributed by atoms with Gasteiger partial charge < -0.3 is 0 Å². The highest BCUT2D eigenvalue weighted by Gasteiger charge is 2.20. The highest BCUT2D eigenvalue weighted by molar-refractivity contribution is 7.14. The highest BCUT2D eigenvalue weighted by atomic mass is 32.1. The molecule has 2 heterocycles. The second kappa shape index (κ2) is 6.20.